The molecule has 0 spiro atoms. The van der Waals surface area contributed by atoms with E-state index in [4.69, 9.17) is 10.2 Å². The number of rotatable bonds is 7. The van der Waals surface area contributed by atoms with Crippen LogP contribution in [0.1, 0.15) is 34.6 Å². The quantitative estimate of drug-likeness (QED) is 0.441. The number of nitrogens with one attached hydrogen (secondary N) is 1. The lowest BCUT2D eigenvalue weighted by molar-refractivity contribution is -0.384. The Hall–Kier alpha value is -4.21. The molecule has 2 aromatic carbocycles. The second kappa shape index (κ2) is 9.08. The van der Waals surface area contributed by atoms with E-state index in [9.17, 15) is 19.7 Å². The van der Waals surface area contributed by atoms with Gasteiger partial charge in [-0.2, -0.15) is 0 Å². The third-order valence-electron chi connectivity index (χ3n) is 4.71. The molecule has 1 heterocycles. The molecule has 0 atom stereocenters. The van der Waals surface area contributed by atoms with Gasteiger partial charge in [0.25, 0.3) is 17.5 Å². The molecule has 10 nitrogen and oxygen atoms in total. The predicted molar refractivity (Wildman–Crippen MR) is 114 cm³/mol. The Balaban J connectivity index is 2.02. The monoisotopic (exact) mass is 423 g/mol. The molecule has 3 N–H and O–H groups in total. The van der Waals surface area contributed by atoms with Gasteiger partial charge in [-0.25, -0.2) is 5.43 Å². The van der Waals surface area contributed by atoms with E-state index in [1.54, 1.807) is 0 Å². The van der Waals surface area contributed by atoms with Crippen LogP contribution in [0.2, 0.25) is 0 Å². The van der Waals surface area contributed by atoms with E-state index in [1.165, 1.54) is 24.3 Å². The maximum absolute atomic E-state index is 12.4. The summed E-state index contributed by atoms with van der Waals surface area (Å²) in [6, 6.07) is 12.2. The fourth-order valence-corrected chi connectivity index (χ4v) is 3.08. The zero-order valence-electron chi connectivity index (χ0n) is 17.0. The zero-order valence-corrected chi connectivity index (χ0v) is 17.0. The molecule has 0 radical (unpaired) electrons. The number of nitrogens with zero attached hydrogens (tertiary/aromatic N) is 3. The topological polar surface area (TPSA) is 144 Å². The molecule has 0 unspecified atom stereocenters. The Bertz CT molecular complexity index is 1230. The predicted octanol–water partition coefficient (Wildman–Crippen LogP) is 2.53. The lowest BCUT2D eigenvalue weighted by Crippen LogP contribution is -2.27. The van der Waals surface area contributed by atoms with E-state index in [-0.39, 0.29) is 22.4 Å². The van der Waals surface area contributed by atoms with Crippen LogP contribution >= 0.6 is 0 Å². The van der Waals surface area contributed by atoms with E-state index in [0.29, 0.717) is 11.0 Å². The van der Waals surface area contributed by atoms with Crippen LogP contribution in [-0.4, -0.2) is 29.8 Å². The van der Waals surface area contributed by atoms with Gasteiger partial charge in [0.2, 0.25) is 5.55 Å². The van der Waals surface area contributed by atoms with Gasteiger partial charge in [0.1, 0.15) is 11.1 Å². The lowest BCUT2D eigenvalue weighted by Gasteiger charge is -2.21. The number of nitrogens with two attached hydrogens (primary N) is 1. The summed E-state index contributed by atoms with van der Waals surface area (Å²) in [5, 5.41) is 15.4. The van der Waals surface area contributed by atoms with Gasteiger partial charge in [-0.05, 0) is 38.1 Å². The van der Waals surface area contributed by atoms with Gasteiger partial charge < -0.3 is 15.1 Å². The van der Waals surface area contributed by atoms with Gasteiger partial charge in [-0.15, -0.1) is 5.10 Å². The summed E-state index contributed by atoms with van der Waals surface area (Å²) >= 11 is 0. The van der Waals surface area contributed by atoms with Crippen LogP contribution in [0.15, 0.2) is 58.0 Å². The number of non-ortho nitro benzene ring substituents is 1. The third kappa shape index (κ3) is 4.69. The van der Waals surface area contributed by atoms with Gasteiger partial charge in [-0.1, -0.05) is 6.07 Å². The number of carbonyl (C=O) groups excluding carboxylic acids is 2. The van der Waals surface area contributed by atoms with Gasteiger partial charge in [-0.3, -0.25) is 19.7 Å². The van der Waals surface area contributed by atoms with Crippen molar-refractivity contribution < 1.29 is 18.9 Å². The maximum Gasteiger partial charge on any atom is 0.271 e. The van der Waals surface area contributed by atoms with Gasteiger partial charge >= 0.3 is 0 Å². The summed E-state index contributed by atoms with van der Waals surface area (Å²) in [6.45, 7) is 5.67. The van der Waals surface area contributed by atoms with Crippen LogP contribution in [0, 0.1) is 10.1 Å². The van der Waals surface area contributed by atoms with Crippen molar-refractivity contribution in [2.45, 2.75) is 13.8 Å². The molecule has 31 heavy (non-hydrogen) atoms. The summed E-state index contributed by atoms with van der Waals surface area (Å²) < 4.78 is 5.77. The minimum absolute atomic E-state index is 0.0116. The Morgan fingerprint density at radius 2 is 1.90 bits per heavy atom. The lowest BCUT2D eigenvalue weighted by atomic mass is 10.1. The molecule has 2 amide bonds. The van der Waals surface area contributed by atoms with Crippen molar-refractivity contribution in [3.8, 4) is 0 Å². The first-order chi connectivity index (χ1) is 14.8. The Morgan fingerprint density at radius 1 is 1.16 bits per heavy atom. The number of nitro groups is 1. The van der Waals surface area contributed by atoms with E-state index < -0.39 is 16.7 Å². The molecule has 0 saturated carbocycles. The summed E-state index contributed by atoms with van der Waals surface area (Å²) in [6.07, 6.45) is 0. The summed E-state index contributed by atoms with van der Waals surface area (Å²) in [5.74, 6) is -1.48. The van der Waals surface area contributed by atoms with Crippen molar-refractivity contribution in [2.75, 3.05) is 18.0 Å². The van der Waals surface area contributed by atoms with Crippen molar-refractivity contribution in [1.82, 2.24) is 5.43 Å². The summed E-state index contributed by atoms with van der Waals surface area (Å²) in [5.41, 5.74) is 8.70. The number of primary amides is 1. The normalized spacial score (nSPS) is 11.4. The number of fused-ring (bicyclic) bond motifs is 1. The van der Waals surface area contributed by atoms with Crippen LogP contribution in [-0.2, 0) is 0 Å². The third-order valence-corrected chi connectivity index (χ3v) is 4.71. The minimum Gasteiger partial charge on any atom is -0.436 e. The number of carbonyl (C=O) groups is 2. The van der Waals surface area contributed by atoms with Crippen LogP contribution in [0.4, 0.5) is 11.4 Å². The van der Waals surface area contributed by atoms with Crippen LogP contribution < -0.4 is 21.6 Å². The molecule has 160 valence electrons. The van der Waals surface area contributed by atoms with Crippen LogP contribution in [0.25, 0.3) is 11.0 Å². The molecule has 1 aromatic heterocycles. The first-order valence-corrected chi connectivity index (χ1v) is 9.55. The highest BCUT2D eigenvalue weighted by Crippen LogP contribution is 2.22. The molecule has 0 saturated heterocycles. The molecule has 10 heteroatoms. The van der Waals surface area contributed by atoms with Crippen LogP contribution in [0.3, 0.4) is 0 Å². The van der Waals surface area contributed by atoms with Crippen molar-refractivity contribution in [3.63, 3.8) is 0 Å². The maximum atomic E-state index is 12.4. The first kappa shape index (κ1) is 21.5. The Morgan fingerprint density at radius 3 is 2.55 bits per heavy atom. The largest absolute Gasteiger partial charge is 0.436 e. The Kier molecular flexibility index (Phi) is 6.29. The molecule has 0 aliphatic heterocycles. The smallest absolute Gasteiger partial charge is 0.271 e. The molecule has 0 bridgehead atoms. The van der Waals surface area contributed by atoms with Gasteiger partial charge in [0.15, 0.2) is 0 Å². The number of hydrogen-bond acceptors (Lipinski definition) is 7. The van der Waals surface area contributed by atoms with Crippen molar-refractivity contribution >= 4 is 34.2 Å². The van der Waals surface area contributed by atoms with E-state index in [2.05, 4.69) is 15.4 Å². The molecule has 0 fully saturated rings. The second-order valence-electron chi connectivity index (χ2n) is 6.58. The highest BCUT2D eigenvalue weighted by atomic mass is 16.6. The number of benzene rings is 2. The van der Waals surface area contributed by atoms with E-state index >= 15 is 0 Å². The number of hydrogen-bond donors (Lipinski definition) is 2. The molecule has 0 aliphatic carbocycles. The van der Waals surface area contributed by atoms with Crippen molar-refractivity contribution in [1.29, 1.82) is 0 Å². The average molecular weight is 423 g/mol. The second-order valence-corrected chi connectivity index (χ2v) is 6.58. The van der Waals surface area contributed by atoms with Gasteiger partial charge in [0.05, 0.1) is 4.92 Å². The first-order valence-electron chi connectivity index (χ1n) is 9.55. The number of nitro benzene ring substituents is 1. The highest BCUT2D eigenvalue weighted by molar-refractivity contribution is 5.96. The fraction of sp³-hybridized carbons (Fsp3) is 0.190. The standard InChI is InChI=1S/C21H21N5O5/c1-3-25(4-2)15-9-8-13-11-17(19(22)27)21(31-18(13)12-15)24-23-20(28)14-6-5-7-16(10-14)26(29)30/h5-12H,3-4H2,1-2H3,(H2,22,27)(H,23,28). The molecule has 3 rings (SSSR count). The number of amides is 2. The Labute approximate surface area is 177 Å². The minimum atomic E-state index is -0.776. The zero-order chi connectivity index (χ0) is 22.5. The highest BCUT2D eigenvalue weighted by Gasteiger charge is 2.14. The van der Waals surface area contributed by atoms with Crippen molar-refractivity contribution in [2.24, 2.45) is 10.8 Å². The van der Waals surface area contributed by atoms with Crippen LogP contribution in [0.5, 0.6) is 0 Å². The molecular formula is C21H21N5O5. The SMILES string of the molecule is CCN(CC)c1ccc2cc(C(N)=O)c(=NNC(=O)c3cccc([N+](=O)[O-])c3)oc2c1. The van der Waals surface area contributed by atoms with E-state index in [0.717, 1.165) is 24.8 Å². The molecular weight excluding hydrogens is 402 g/mol. The molecule has 0 aliphatic rings. The summed E-state index contributed by atoms with van der Waals surface area (Å²) in [7, 11) is 0. The average Bonchev–Trinajstić information content (AvgIpc) is 2.77. The molecule has 3 aromatic rings. The fourth-order valence-electron chi connectivity index (χ4n) is 3.08. The number of anilines is 1. The van der Waals surface area contributed by atoms with Gasteiger partial charge in [0, 0.05) is 47.9 Å². The summed E-state index contributed by atoms with van der Waals surface area (Å²) in [4.78, 5) is 36.7. The van der Waals surface area contributed by atoms with E-state index in [1.807, 2.05) is 32.0 Å². The van der Waals surface area contributed by atoms with Crippen molar-refractivity contribution in [3.05, 3.63) is 75.3 Å².